The van der Waals surface area contributed by atoms with Gasteiger partial charge < -0.3 is 34.1 Å². The monoisotopic (exact) mass is 682 g/mol. The van der Waals surface area contributed by atoms with Gasteiger partial charge >= 0.3 is 6.09 Å². The van der Waals surface area contributed by atoms with Gasteiger partial charge in [-0.1, -0.05) is 81.3 Å². The number of allylic oxidation sites excluding steroid dienone is 2. The van der Waals surface area contributed by atoms with Crippen LogP contribution in [0, 0.1) is 0 Å². The molecule has 10 nitrogen and oxygen atoms in total. The van der Waals surface area contributed by atoms with E-state index in [4.69, 9.17) is 28.8 Å². The molecule has 0 bridgehead atoms. The molecule has 10 heteroatoms. The van der Waals surface area contributed by atoms with Crippen molar-refractivity contribution in [2.24, 2.45) is 4.99 Å². The molecule has 0 aromatic heterocycles. The van der Waals surface area contributed by atoms with Crippen molar-refractivity contribution in [1.82, 2.24) is 5.32 Å². The first-order valence-electron chi connectivity index (χ1n) is 15.5. The summed E-state index contributed by atoms with van der Waals surface area (Å²) in [5, 5.41) is 11.1. The normalized spacial score (nSPS) is 10.2. The first-order chi connectivity index (χ1) is 22.7. The van der Waals surface area contributed by atoms with Crippen LogP contribution in [-0.2, 0) is 39.6 Å². The number of hydrogen-bond donors (Lipinski definition) is 2. The highest BCUT2D eigenvalue weighted by Gasteiger charge is 2.24. The van der Waals surface area contributed by atoms with Crippen LogP contribution in [-0.4, -0.2) is 70.1 Å². The summed E-state index contributed by atoms with van der Waals surface area (Å²) in [7, 11) is 0. The van der Waals surface area contributed by atoms with Crippen LogP contribution in [0.5, 0.6) is 0 Å². The molecule has 0 radical (unpaired) electrons. The number of aliphatic imine (C=N–C) groups is 1. The summed E-state index contributed by atoms with van der Waals surface area (Å²) < 4.78 is 24.9. The quantitative estimate of drug-likeness (QED) is 0.0662. The van der Waals surface area contributed by atoms with Crippen molar-refractivity contribution in [2.45, 2.75) is 60.0 Å². The Morgan fingerprint density at radius 2 is 1.29 bits per heavy atom. The van der Waals surface area contributed by atoms with E-state index in [1.165, 1.54) is 12.5 Å². The van der Waals surface area contributed by atoms with Gasteiger partial charge in [-0.3, -0.25) is 0 Å². The topological polar surface area (TPSA) is 125 Å². The van der Waals surface area contributed by atoms with Gasteiger partial charge in [-0.25, -0.2) is 9.59 Å². The van der Waals surface area contributed by atoms with Crippen molar-refractivity contribution in [2.75, 3.05) is 52.9 Å². The Morgan fingerprint density at radius 3 is 1.76 bits per heavy atom. The summed E-state index contributed by atoms with van der Waals surface area (Å²) in [5.41, 5.74) is 5.00. The fraction of sp³-hybridized carbons (Fsp3) is 0.436. The third-order valence-electron chi connectivity index (χ3n) is 6.50. The fourth-order valence-electron chi connectivity index (χ4n) is 3.72. The smallest absolute Gasteiger partial charge is 0.407 e. The second kappa shape index (κ2) is 26.5. The highest BCUT2D eigenvalue weighted by atomic mass is 16.6. The molecule has 49 heavy (non-hydrogen) atoms. The number of alkyl carbamates (subject to hydrolysis) is 1. The Bertz CT molecular complexity index is 1330. The number of rotatable bonds is 19. The van der Waals surface area contributed by atoms with Gasteiger partial charge in [-0.2, -0.15) is 4.99 Å². The SMILES string of the molecule is C.C=C(C)c1cccc(C(C)(C)N=C=O)c1.C=COCCOCCO.C=COCCOCCOC(=O)NC(C)(C)c1cccc(C(=C)C)c1. The maximum Gasteiger partial charge on any atom is 0.407 e. The average molecular weight is 683 g/mol. The van der Waals surface area contributed by atoms with Crippen LogP contribution >= 0.6 is 0 Å². The van der Waals surface area contributed by atoms with E-state index < -0.39 is 17.2 Å². The van der Waals surface area contributed by atoms with E-state index in [-0.39, 0.29) is 20.6 Å². The number of carbonyl (C=O) groups excluding carboxylic acids is 2. The number of nitrogens with one attached hydrogen (secondary N) is 1. The second-order valence-electron chi connectivity index (χ2n) is 11.4. The highest BCUT2D eigenvalue weighted by Crippen LogP contribution is 2.26. The largest absolute Gasteiger partial charge is 0.499 e. The molecule has 2 aromatic carbocycles. The maximum atomic E-state index is 11.9. The lowest BCUT2D eigenvalue weighted by Crippen LogP contribution is -2.41. The molecule has 2 aromatic rings. The zero-order chi connectivity index (χ0) is 36.4. The van der Waals surface area contributed by atoms with Gasteiger partial charge in [0.15, 0.2) is 0 Å². The molecule has 0 heterocycles. The summed E-state index contributed by atoms with van der Waals surface area (Å²) in [4.78, 5) is 26.0. The zero-order valence-corrected chi connectivity index (χ0v) is 29.5. The van der Waals surface area contributed by atoms with Crippen LogP contribution in [0.15, 0.2) is 92.4 Å². The lowest BCUT2D eigenvalue weighted by atomic mass is 9.92. The highest BCUT2D eigenvalue weighted by molar-refractivity contribution is 5.69. The van der Waals surface area contributed by atoms with Crippen molar-refractivity contribution in [3.8, 4) is 0 Å². The van der Waals surface area contributed by atoms with E-state index in [2.05, 4.69) is 36.6 Å². The molecule has 0 aliphatic heterocycles. The molecule has 2 N–H and O–H groups in total. The third-order valence-corrected chi connectivity index (χ3v) is 6.50. The van der Waals surface area contributed by atoms with E-state index >= 15 is 0 Å². The average Bonchev–Trinajstić information content (AvgIpc) is 3.05. The van der Waals surface area contributed by atoms with Gasteiger partial charge in [-0.05, 0) is 75.9 Å². The molecule has 0 aliphatic rings. The van der Waals surface area contributed by atoms with Crippen LogP contribution in [0.25, 0.3) is 11.1 Å². The van der Waals surface area contributed by atoms with Crippen LogP contribution in [0.3, 0.4) is 0 Å². The van der Waals surface area contributed by atoms with E-state index in [1.807, 2.05) is 90.1 Å². The summed E-state index contributed by atoms with van der Waals surface area (Å²) in [5.74, 6) is 0. The number of hydrogen-bond acceptors (Lipinski definition) is 9. The molecular weight excluding hydrogens is 624 g/mol. The van der Waals surface area contributed by atoms with Gasteiger partial charge in [0.25, 0.3) is 0 Å². The van der Waals surface area contributed by atoms with Crippen LogP contribution < -0.4 is 5.32 Å². The molecule has 0 atom stereocenters. The molecule has 272 valence electrons. The number of isocyanates is 1. The summed E-state index contributed by atoms with van der Waals surface area (Å²) in [6.07, 6.45) is 3.85. The minimum absolute atomic E-state index is 0. The molecule has 0 spiro atoms. The Balaban J connectivity index is 0. The van der Waals surface area contributed by atoms with E-state index in [0.717, 1.165) is 33.4 Å². The number of ether oxygens (including phenoxy) is 5. The first-order valence-corrected chi connectivity index (χ1v) is 15.5. The van der Waals surface area contributed by atoms with Crippen molar-refractivity contribution < 1.29 is 38.4 Å². The van der Waals surface area contributed by atoms with E-state index in [1.54, 1.807) is 6.08 Å². The lowest BCUT2D eigenvalue weighted by Gasteiger charge is -2.27. The van der Waals surface area contributed by atoms with Crippen LogP contribution in [0.2, 0.25) is 0 Å². The summed E-state index contributed by atoms with van der Waals surface area (Å²) >= 11 is 0. The number of amides is 1. The molecular formula is C39H58N2O8. The van der Waals surface area contributed by atoms with E-state index in [9.17, 15) is 9.59 Å². The van der Waals surface area contributed by atoms with Crippen molar-refractivity contribution in [1.29, 1.82) is 0 Å². The Labute approximate surface area is 294 Å². The van der Waals surface area contributed by atoms with Crippen LogP contribution in [0.1, 0.15) is 71.2 Å². The number of carbonyl (C=O) groups is 1. The Kier molecular flexibility index (Phi) is 25.2. The minimum atomic E-state index is -0.554. The van der Waals surface area contributed by atoms with Crippen molar-refractivity contribution in [3.63, 3.8) is 0 Å². The van der Waals surface area contributed by atoms with Gasteiger partial charge in [0.05, 0.1) is 56.6 Å². The molecule has 0 aliphatic carbocycles. The first kappa shape index (κ1) is 46.6. The molecule has 1 amide bonds. The van der Waals surface area contributed by atoms with E-state index in [0.29, 0.717) is 39.6 Å². The Hall–Kier alpha value is -4.47. The van der Waals surface area contributed by atoms with Crippen molar-refractivity contribution >= 4 is 23.3 Å². The lowest BCUT2D eigenvalue weighted by molar-refractivity contribution is 0.0482. The van der Waals surface area contributed by atoms with Crippen LogP contribution in [0.4, 0.5) is 4.79 Å². The molecule has 2 rings (SSSR count). The second-order valence-corrected chi connectivity index (χ2v) is 11.4. The summed E-state index contributed by atoms with van der Waals surface area (Å²) in [6, 6.07) is 15.8. The summed E-state index contributed by atoms with van der Waals surface area (Å²) in [6.45, 7) is 29.0. The molecule has 0 fully saturated rings. The van der Waals surface area contributed by atoms with Gasteiger partial charge in [-0.15, -0.1) is 0 Å². The van der Waals surface area contributed by atoms with Gasteiger partial charge in [0.2, 0.25) is 6.08 Å². The third kappa shape index (κ3) is 21.2. The Morgan fingerprint density at radius 1 is 0.816 bits per heavy atom. The number of aliphatic hydroxyl groups excluding tert-OH is 1. The fourth-order valence-corrected chi connectivity index (χ4v) is 3.72. The predicted molar refractivity (Wildman–Crippen MR) is 199 cm³/mol. The predicted octanol–water partition coefficient (Wildman–Crippen LogP) is 7.94. The molecule has 0 saturated carbocycles. The standard InChI is InChI=1S/C19H27NO4.C13H15NO.C6H12O3.CH4/c1-6-22-10-11-23-12-13-24-18(21)20-19(4,5)17-9-7-8-16(14-17)15(2)3;1-10(2)11-6-5-7-12(8-11)13(3,4)14-9-15;1-2-8-5-6-9-4-3-7;/h6-9,14H,1-2,10-13H2,3-5H3,(H,20,21);5-8H,1H2,2-4H3;2,7H,1,3-6H2;1H4. The molecule has 0 saturated heterocycles. The number of benzene rings is 2. The number of nitrogens with zero attached hydrogens (tertiary/aromatic N) is 1. The zero-order valence-electron chi connectivity index (χ0n) is 29.5. The maximum absolute atomic E-state index is 11.9. The van der Waals surface area contributed by atoms with Gasteiger partial charge in [0.1, 0.15) is 19.8 Å². The van der Waals surface area contributed by atoms with Crippen molar-refractivity contribution in [3.05, 3.63) is 110 Å². The molecule has 0 unspecified atom stereocenters. The minimum Gasteiger partial charge on any atom is -0.499 e. The number of aliphatic hydroxyl groups is 1. The van der Waals surface area contributed by atoms with Gasteiger partial charge in [0, 0.05) is 0 Å².